The van der Waals surface area contributed by atoms with E-state index in [9.17, 15) is 9.90 Å². The van der Waals surface area contributed by atoms with Gasteiger partial charge in [0.2, 0.25) is 0 Å². The first-order chi connectivity index (χ1) is 20.4. The van der Waals surface area contributed by atoms with Crippen molar-refractivity contribution in [2.45, 2.75) is 56.8 Å². The zero-order valence-electron chi connectivity index (χ0n) is 23.9. The van der Waals surface area contributed by atoms with Crippen LogP contribution in [0.5, 0.6) is 0 Å². The van der Waals surface area contributed by atoms with Gasteiger partial charge < -0.3 is 25.2 Å². The van der Waals surface area contributed by atoms with Crippen LogP contribution in [-0.4, -0.2) is 39.7 Å². The van der Waals surface area contributed by atoms with Crippen LogP contribution in [0.15, 0.2) is 77.1 Å². The van der Waals surface area contributed by atoms with Crippen molar-refractivity contribution in [3.8, 4) is 11.1 Å². The molecule has 2 heterocycles. The summed E-state index contributed by atoms with van der Waals surface area (Å²) in [5, 5.41) is 24.6. The topological polar surface area (TPSA) is 106 Å². The van der Waals surface area contributed by atoms with E-state index in [0.717, 1.165) is 48.5 Å². The molecule has 42 heavy (non-hydrogen) atoms. The highest BCUT2D eigenvalue weighted by Gasteiger charge is 2.38. The number of amides is 2. The minimum atomic E-state index is -0.547. The van der Waals surface area contributed by atoms with E-state index in [2.05, 4.69) is 46.0 Å². The summed E-state index contributed by atoms with van der Waals surface area (Å²) in [7, 11) is 0. The first kappa shape index (κ1) is 30.2. The number of carbonyl (C=O) groups excluding carboxylic acids is 1. The second-order valence-electron chi connectivity index (χ2n) is 10.2. The lowest BCUT2D eigenvalue weighted by Crippen LogP contribution is -2.38. The number of benzene rings is 3. The monoisotopic (exact) mass is 604 g/mol. The van der Waals surface area contributed by atoms with Crippen LogP contribution < -0.4 is 10.6 Å². The Hall–Kier alpha value is -3.28. The van der Waals surface area contributed by atoms with Gasteiger partial charge in [0.1, 0.15) is 5.01 Å². The molecule has 0 saturated carbocycles. The van der Waals surface area contributed by atoms with Crippen molar-refractivity contribution in [2.75, 3.05) is 12.3 Å². The summed E-state index contributed by atoms with van der Waals surface area (Å²) in [5.41, 5.74) is 5.99. The van der Waals surface area contributed by atoms with E-state index in [-0.39, 0.29) is 30.8 Å². The van der Waals surface area contributed by atoms with Gasteiger partial charge in [0.15, 0.2) is 10.6 Å². The molecule has 0 unspecified atom stereocenters. The SMILES string of the molecule is CCNC(=O)NCc1ccccc1-c1ccc([C@@H]2O[C@H](CSc3nnc(C)s3)[C@H](C)[C@H](c3ccc(CO)cc3)O2)cc1. The average Bonchev–Trinajstić information content (AvgIpc) is 3.45. The lowest BCUT2D eigenvalue weighted by molar-refractivity contribution is -0.268. The molecule has 1 fully saturated rings. The summed E-state index contributed by atoms with van der Waals surface area (Å²) >= 11 is 3.25. The molecule has 8 nitrogen and oxygen atoms in total. The largest absolute Gasteiger partial charge is 0.392 e. The minimum Gasteiger partial charge on any atom is -0.392 e. The fraction of sp³-hybridized carbons (Fsp3) is 0.344. The van der Waals surface area contributed by atoms with E-state index in [1.54, 1.807) is 23.1 Å². The van der Waals surface area contributed by atoms with E-state index >= 15 is 0 Å². The van der Waals surface area contributed by atoms with E-state index in [4.69, 9.17) is 9.47 Å². The standard InChI is InChI=1S/C32H36N4O4S2/c1-4-33-31(38)34-17-26-7-5-6-8-27(26)23-13-15-25(16-14-23)30-39-28(19-41-32-36-35-21(3)42-32)20(2)29(40-30)24-11-9-22(18-37)10-12-24/h5-16,20,28-30,37H,4,17-19H2,1-3H3,(H2,33,34,38)/t20-,28+,29+,30+/m0/s1. The lowest BCUT2D eigenvalue weighted by atomic mass is 9.91. The number of urea groups is 1. The molecule has 220 valence electrons. The molecule has 4 atom stereocenters. The Morgan fingerprint density at radius 1 is 0.976 bits per heavy atom. The third-order valence-corrected chi connectivity index (χ3v) is 9.35. The summed E-state index contributed by atoms with van der Waals surface area (Å²) in [6.07, 6.45) is -0.811. The number of aliphatic hydroxyl groups is 1. The number of aliphatic hydroxyl groups excluding tert-OH is 1. The van der Waals surface area contributed by atoms with Gasteiger partial charge in [0.25, 0.3) is 0 Å². The molecule has 1 aliphatic rings. The first-order valence-corrected chi connectivity index (χ1v) is 15.9. The van der Waals surface area contributed by atoms with Crippen LogP contribution in [0, 0.1) is 12.8 Å². The van der Waals surface area contributed by atoms with Gasteiger partial charge in [-0.05, 0) is 41.7 Å². The Kier molecular flexibility index (Phi) is 10.2. The molecular weight excluding hydrogens is 569 g/mol. The van der Waals surface area contributed by atoms with Gasteiger partial charge >= 0.3 is 6.03 Å². The minimum absolute atomic E-state index is 0.00506. The molecule has 2 amide bonds. The lowest BCUT2D eigenvalue weighted by Gasteiger charge is -2.41. The number of thioether (sulfide) groups is 1. The van der Waals surface area contributed by atoms with Crippen molar-refractivity contribution >= 4 is 29.1 Å². The van der Waals surface area contributed by atoms with Crippen LogP contribution in [0.25, 0.3) is 11.1 Å². The summed E-state index contributed by atoms with van der Waals surface area (Å²) in [5.74, 6) is 0.816. The predicted molar refractivity (Wildman–Crippen MR) is 166 cm³/mol. The van der Waals surface area contributed by atoms with E-state index < -0.39 is 6.29 Å². The third-order valence-electron chi connectivity index (χ3n) is 7.29. The summed E-state index contributed by atoms with van der Waals surface area (Å²) < 4.78 is 14.1. The highest BCUT2D eigenvalue weighted by Crippen LogP contribution is 2.43. The summed E-state index contributed by atoms with van der Waals surface area (Å²) in [4.78, 5) is 12.0. The van der Waals surface area contributed by atoms with Crippen molar-refractivity contribution in [3.05, 3.63) is 100 Å². The van der Waals surface area contributed by atoms with E-state index in [0.29, 0.717) is 13.1 Å². The van der Waals surface area contributed by atoms with Crippen LogP contribution in [0.2, 0.25) is 0 Å². The molecule has 3 aromatic carbocycles. The van der Waals surface area contributed by atoms with E-state index in [1.165, 1.54) is 0 Å². The van der Waals surface area contributed by atoms with Gasteiger partial charge in [-0.2, -0.15) is 0 Å². The normalized spacial score (nSPS) is 20.3. The number of hydrogen-bond donors (Lipinski definition) is 3. The third kappa shape index (κ3) is 7.37. The molecule has 1 saturated heterocycles. The average molecular weight is 605 g/mol. The van der Waals surface area contributed by atoms with Crippen molar-refractivity contribution in [1.29, 1.82) is 0 Å². The maximum Gasteiger partial charge on any atom is 0.315 e. The summed E-state index contributed by atoms with van der Waals surface area (Å²) in [6, 6.07) is 24.1. The zero-order chi connectivity index (χ0) is 29.5. The second-order valence-corrected chi connectivity index (χ2v) is 12.7. The molecular formula is C32H36N4O4S2. The van der Waals surface area contributed by atoms with Gasteiger partial charge in [-0.3, -0.25) is 0 Å². The molecule has 0 spiro atoms. The Morgan fingerprint density at radius 2 is 1.71 bits per heavy atom. The molecule has 5 rings (SSSR count). The van der Waals surface area contributed by atoms with Gasteiger partial charge in [0, 0.05) is 30.3 Å². The van der Waals surface area contributed by atoms with Crippen molar-refractivity contribution in [2.24, 2.45) is 5.92 Å². The van der Waals surface area contributed by atoms with Gasteiger partial charge in [-0.1, -0.05) is 103 Å². The molecule has 10 heteroatoms. The number of aromatic nitrogens is 2. The van der Waals surface area contributed by atoms with Crippen LogP contribution in [0.4, 0.5) is 4.79 Å². The molecule has 0 aliphatic carbocycles. The van der Waals surface area contributed by atoms with Crippen LogP contribution >= 0.6 is 23.1 Å². The molecule has 0 radical (unpaired) electrons. The molecule has 4 aromatic rings. The van der Waals surface area contributed by atoms with E-state index in [1.807, 2.05) is 68.4 Å². The number of nitrogens with one attached hydrogen (secondary N) is 2. The Morgan fingerprint density at radius 3 is 2.40 bits per heavy atom. The van der Waals surface area contributed by atoms with Crippen LogP contribution in [0.1, 0.15) is 53.5 Å². The smallest absolute Gasteiger partial charge is 0.315 e. The van der Waals surface area contributed by atoms with Crippen molar-refractivity contribution in [1.82, 2.24) is 20.8 Å². The second kappa shape index (κ2) is 14.3. The number of hydrogen-bond acceptors (Lipinski definition) is 8. The Balaban J connectivity index is 1.36. The van der Waals surface area contributed by atoms with Gasteiger partial charge in [-0.25, -0.2) is 4.79 Å². The van der Waals surface area contributed by atoms with Crippen LogP contribution in [0.3, 0.4) is 0 Å². The highest BCUT2D eigenvalue weighted by atomic mass is 32.2. The predicted octanol–water partition coefficient (Wildman–Crippen LogP) is 6.41. The Bertz CT molecular complexity index is 1460. The molecule has 1 aliphatic heterocycles. The number of rotatable bonds is 10. The van der Waals surface area contributed by atoms with Gasteiger partial charge in [-0.15, -0.1) is 10.2 Å². The Labute approximate surface area is 254 Å². The zero-order valence-corrected chi connectivity index (χ0v) is 25.6. The number of aryl methyl sites for hydroxylation is 1. The highest BCUT2D eigenvalue weighted by molar-refractivity contribution is 8.01. The fourth-order valence-electron chi connectivity index (χ4n) is 4.97. The molecule has 1 aromatic heterocycles. The van der Waals surface area contributed by atoms with Crippen LogP contribution in [-0.2, 0) is 22.6 Å². The van der Waals surface area contributed by atoms with Gasteiger partial charge in [0.05, 0.1) is 18.8 Å². The number of carbonyl (C=O) groups is 1. The maximum atomic E-state index is 12.0. The number of ether oxygens (including phenoxy) is 2. The molecule has 3 N–H and O–H groups in total. The van der Waals surface area contributed by atoms with Crippen molar-refractivity contribution < 1.29 is 19.4 Å². The van der Waals surface area contributed by atoms with Crippen molar-refractivity contribution in [3.63, 3.8) is 0 Å². The summed E-state index contributed by atoms with van der Waals surface area (Å²) in [6.45, 7) is 7.03. The maximum absolute atomic E-state index is 12.0. The number of nitrogens with zero attached hydrogens (tertiary/aromatic N) is 2. The quantitative estimate of drug-likeness (QED) is 0.180. The fourth-order valence-corrected chi connectivity index (χ4v) is 6.98. The molecule has 0 bridgehead atoms. The first-order valence-electron chi connectivity index (χ1n) is 14.1.